The van der Waals surface area contributed by atoms with Crippen molar-refractivity contribution in [3.05, 3.63) is 12.2 Å². The Balaban J connectivity index is 2.08. The number of fused-ring (bicyclic) bond motifs is 2. The molecule has 2 fully saturated rings. The summed E-state index contributed by atoms with van der Waals surface area (Å²) in [4.78, 5) is 11.5. The van der Waals surface area contributed by atoms with E-state index in [1.807, 2.05) is 6.92 Å². The lowest BCUT2D eigenvalue weighted by molar-refractivity contribution is -0.148. The molecule has 0 aromatic heterocycles. The van der Waals surface area contributed by atoms with Gasteiger partial charge in [-0.1, -0.05) is 6.58 Å². The van der Waals surface area contributed by atoms with E-state index in [1.54, 1.807) is 0 Å². The third kappa shape index (κ3) is 1.27. The number of rotatable bonds is 2. The van der Waals surface area contributed by atoms with E-state index < -0.39 is 0 Å². The third-order valence-electron chi connectivity index (χ3n) is 2.78. The van der Waals surface area contributed by atoms with Crippen molar-refractivity contribution in [3.8, 4) is 0 Å². The molecule has 3 nitrogen and oxygen atoms in total. The number of carbonyl (C=O) groups excluding carboxylic acids is 1. The zero-order valence-corrected chi connectivity index (χ0v) is 7.79. The lowest BCUT2D eigenvalue weighted by Crippen LogP contribution is -2.28. The number of carbonyl (C=O) groups is 1. The highest BCUT2D eigenvalue weighted by atomic mass is 16.5. The van der Waals surface area contributed by atoms with Crippen molar-refractivity contribution in [2.24, 2.45) is 5.92 Å². The van der Waals surface area contributed by atoms with Crippen molar-refractivity contribution in [2.75, 3.05) is 6.61 Å². The molecule has 72 valence electrons. The Bertz CT molecular complexity index is 247. The maximum atomic E-state index is 11.5. The first-order valence-electron chi connectivity index (χ1n) is 4.74. The van der Waals surface area contributed by atoms with Gasteiger partial charge in [-0.2, -0.15) is 0 Å². The number of ether oxygens (including phenoxy) is 2. The molecule has 2 heterocycles. The summed E-state index contributed by atoms with van der Waals surface area (Å²) in [5.41, 5.74) is 0.912. The Morgan fingerprint density at radius 1 is 1.69 bits per heavy atom. The van der Waals surface area contributed by atoms with E-state index in [0.717, 1.165) is 18.4 Å². The van der Waals surface area contributed by atoms with Crippen LogP contribution in [0.25, 0.3) is 0 Å². The fourth-order valence-electron chi connectivity index (χ4n) is 2.15. The van der Waals surface area contributed by atoms with Gasteiger partial charge in [0.2, 0.25) is 0 Å². The highest BCUT2D eigenvalue weighted by Crippen LogP contribution is 2.42. The molecule has 2 rings (SSSR count). The second kappa shape index (κ2) is 3.14. The SMILES string of the molecule is C=C1[C@@H](C(=O)OCC)[C@H]2CC[C@@H]1O2. The summed E-state index contributed by atoms with van der Waals surface area (Å²) in [6.07, 6.45) is 2.13. The van der Waals surface area contributed by atoms with Crippen LogP contribution in [0.4, 0.5) is 0 Å². The molecule has 0 saturated carbocycles. The van der Waals surface area contributed by atoms with E-state index in [9.17, 15) is 4.79 Å². The largest absolute Gasteiger partial charge is 0.465 e. The maximum Gasteiger partial charge on any atom is 0.315 e. The highest BCUT2D eigenvalue weighted by Gasteiger charge is 2.48. The summed E-state index contributed by atoms with van der Waals surface area (Å²) in [5, 5.41) is 0. The van der Waals surface area contributed by atoms with Crippen LogP contribution in [0.2, 0.25) is 0 Å². The van der Waals surface area contributed by atoms with E-state index in [1.165, 1.54) is 0 Å². The van der Waals surface area contributed by atoms with E-state index in [2.05, 4.69) is 6.58 Å². The summed E-state index contributed by atoms with van der Waals surface area (Å²) >= 11 is 0. The minimum absolute atomic E-state index is 0.0385. The zero-order valence-electron chi connectivity index (χ0n) is 7.79. The van der Waals surface area contributed by atoms with E-state index in [4.69, 9.17) is 9.47 Å². The van der Waals surface area contributed by atoms with Crippen LogP contribution < -0.4 is 0 Å². The van der Waals surface area contributed by atoms with Crippen LogP contribution in [0.15, 0.2) is 12.2 Å². The van der Waals surface area contributed by atoms with Gasteiger partial charge in [0.15, 0.2) is 0 Å². The lowest BCUT2D eigenvalue weighted by Gasteiger charge is -2.18. The smallest absolute Gasteiger partial charge is 0.315 e. The van der Waals surface area contributed by atoms with Crippen molar-refractivity contribution in [3.63, 3.8) is 0 Å². The van der Waals surface area contributed by atoms with Gasteiger partial charge in [-0.3, -0.25) is 4.79 Å². The quantitative estimate of drug-likeness (QED) is 0.476. The predicted octanol–water partition coefficient (Wildman–Crippen LogP) is 1.28. The van der Waals surface area contributed by atoms with Gasteiger partial charge >= 0.3 is 5.97 Å². The second-order valence-electron chi connectivity index (χ2n) is 3.55. The molecule has 3 heteroatoms. The average Bonchev–Trinajstić information content (AvgIpc) is 2.63. The fraction of sp³-hybridized carbons (Fsp3) is 0.700. The van der Waals surface area contributed by atoms with Crippen molar-refractivity contribution in [1.82, 2.24) is 0 Å². The molecule has 0 spiro atoms. The molecule has 0 aromatic carbocycles. The van der Waals surface area contributed by atoms with Crippen LogP contribution in [-0.2, 0) is 14.3 Å². The van der Waals surface area contributed by atoms with Crippen LogP contribution in [0.5, 0.6) is 0 Å². The third-order valence-corrected chi connectivity index (χ3v) is 2.78. The molecule has 0 unspecified atom stereocenters. The van der Waals surface area contributed by atoms with Gasteiger partial charge < -0.3 is 9.47 Å². The zero-order chi connectivity index (χ0) is 9.42. The van der Waals surface area contributed by atoms with Gasteiger partial charge in [-0.25, -0.2) is 0 Å². The standard InChI is InChI=1S/C10H14O3/c1-3-12-10(11)9-6(2)7-4-5-8(9)13-7/h7-9H,2-5H2,1H3/t7-,8+,9+/m0/s1. The van der Waals surface area contributed by atoms with Crippen LogP contribution >= 0.6 is 0 Å². The van der Waals surface area contributed by atoms with Gasteiger partial charge in [-0.15, -0.1) is 0 Å². The van der Waals surface area contributed by atoms with Crippen LogP contribution in [0.3, 0.4) is 0 Å². The number of hydrogen-bond acceptors (Lipinski definition) is 3. The molecule has 2 saturated heterocycles. The first-order chi connectivity index (χ1) is 6.24. The Hall–Kier alpha value is -0.830. The fourth-order valence-corrected chi connectivity index (χ4v) is 2.15. The predicted molar refractivity (Wildman–Crippen MR) is 47.2 cm³/mol. The Morgan fingerprint density at radius 3 is 3.00 bits per heavy atom. The molecule has 0 radical (unpaired) electrons. The molecule has 3 atom stereocenters. The van der Waals surface area contributed by atoms with Crippen molar-refractivity contribution in [1.29, 1.82) is 0 Å². The van der Waals surface area contributed by atoms with Crippen molar-refractivity contribution < 1.29 is 14.3 Å². The molecule has 2 aliphatic heterocycles. The molecule has 13 heavy (non-hydrogen) atoms. The lowest BCUT2D eigenvalue weighted by atomic mass is 9.85. The summed E-state index contributed by atoms with van der Waals surface area (Å²) < 4.78 is 10.5. The molecular formula is C10H14O3. The summed E-state index contributed by atoms with van der Waals surface area (Å²) in [6, 6.07) is 0. The summed E-state index contributed by atoms with van der Waals surface area (Å²) in [5.74, 6) is -0.363. The second-order valence-corrected chi connectivity index (χ2v) is 3.55. The topological polar surface area (TPSA) is 35.5 Å². The van der Waals surface area contributed by atoms with Crippen molar-refractivity contribution >= 4 is 5.97 Å². The van der Waals surface area contributed by atoms with E-state index in [-0.39, 0.29) is 24.1 Å². The van der Waals surface area contributed by atoms with Gasteiger partial charge in [0.25, 0.3) is 0 Å². The maximum absolute atomic E-state index is 11.5. The van der Waals surface area contributed by atoms with Gasteiger partial charge in [0.1, 0.15) is 5.92 Å². The van der Waals surface area contributed by atoms with Crippen LogP contribution in [-0.4, -0.2) is 24.8 Å². The van der Waals surface area contributed by atoms with Gasteiger partial charge in [0.05, 0.1) is 18.8 Å². The Kier molecular flexibility index (Phi) is 2.12. The summed E-state index contributed by atoms with van der Waals surface area (Å²) in [6.45, 7) is 6.14. The van der Waals surface area contributed by atoms with Gasteiger partial charge in [-0.05, 0) is 25.3 Å². The molecule has 2 bridgehead atoms. The van der Waals surface area contributed by atoms with E-state index >= 15 is 0 Å². The van der Waals surface area contributed by atoms with Crippen LogP contribution in [0.1, 0.15) is 19.8 Å². The molecule has 0 amide bonds. The molecule has 0 aromatic rings. The minimum atomic E-state index is -0.196. The first-order valence-corrected chi connectivity index (χ1v) is 4.74. The molecule has 0 N–H and O–H groups in total. The van der Waals surface area contributed by atoms with Gasteiger partial charge in [0, 0.05) is 0 Å². The number of hydrogen-bond donors (Lipinski definition) is 0. The molecule has 0 aliphatic carbocycles. The molecular weight excluding hydrogens is 168 g/mol. The normalized spacial score (nSPS) is 36.7. The Morgan fingerprint density at radius 2 is 2.46 bits per heavy atom. The average molecular weight is 182 g/mol. The molecule has 2 aliphatic rings. The Labute approximate surface area is 77.7 Å². The van der Waals surface area contributed by atoms with Crippen LogP contribution in [0, 0.1) is 5.92 Å². The summed E-state index contributed by atoms with van der Waals surface area (Å²) in [7, 11) is 0. The minimum Gasteiger partial charge on any atom is -0.465 e. The van der Waals surface area contributed by atoms with Crippen molar-refractivity contribution in [2.45, 2.75) is 32.0 Å². The van der Waals surface area contributed by atoms with E-state index in [0.29, 0.717) is 6.61 Å². The number of esters is 1. The highest BCUT2D eigenvalue weighted by molar-refractivity contribution is 5.77. The first kappa shape index (κ1) is 8.75. The monoisotopic (exact) mass is 182 g/mol.